The van der Waals surface area contributed by atoms with Crippen molar-refractivity contribution in [1.29, 1.82) is 0 Å². The Bertz CT molecular complexity index is 1180. The SMILES string of the molecule is [2H]C1=CN([C@@H]2O[C@H](C([2H])([2H])O[P@@](=O)(N[C@@H](C)C(=O)OC(C)C)Oc3ccccc3)[C@@H](O)[C@@]2(C)O)C(=O)NC1=C. The number of para-hydroxylation sites is 1. The highest BCUT2D eigenvalue weighted by Gasteiger charge is 2.56. The molecule has 1 aromatic rings. The van der Waals surface area contributed by atoms with Gasteiger partial charge in [0.15, 0.2) is 6.23 Å². The summed E-state index contributed by atoms with van der Waals surface area (Å²) < 4.78 is 60.1. The number of carbonyl (C=O) groups excluding carboxylic acids is 2. The molecule has 1 fully saturated rings. The molecule has 0 aliphatic carbocycles. The number of allylic oxidation sites excluding steroid dienone is 1. The van der Waals surface area contributed by atoms with Gasteiger partial charge >= 0.3 is 19.7 Å². The molecule has 0 aromatic heterocycles. The smallest absolute Gasteiger partial charge is 0.459 e. The maximum Gasteiger partial charge on any atom is 0.459 e. The third-order valence-corrected chi connectivity index (χ3v) is 6.60. The molecule has 12 nitrogen and oxygen atoms in total. The number of hydrogen-bond donors (Lipinski definition) is 4. The van der Waals surface area contributed by atoms with Crippen molar-refractivity contribution < 1.29 is 47.0 Å². The number of aliphatic hydroxyl groups excluding tert-OH is 1. The summed E-state index contributed by atoms with van der Waals surface area (Å²) >= 11 is 0. The average molecular weight is 529 g/mol. The maximum atomic E-state index is 13.8. The molecule has 6 atom stereocenters. The van der Waals surface area contributed by atoms with Crippen LogP contribution in [-0.4, -0.2) is 69.9 Å². The van der Waals surface area contributed by atoms with Crippen molar-refractivity contribution in [2.24, 2.45) is 0 Å². The maximum absolute atomic E-state index is 13.8. The molecule has 4 N–H and O–H groups in total. The fraction of sp³-hybridized carbons (Fsp3) is 0.478. The van der Waals surface area contributed by atoms with E-state index in [1.807, 2.05) is 0 Å². The van der Waals surface area contributed by atoms with E-state index in [1.54, 1.807) is 32.0 Å². The van der Waals surface area contributed by atoms with E-state index in [4.69, 9.17) is 22.6 Å². The van der Waals surface area contributed by atoms with Crippen LogP contribution in [0.1, 0.15) is 31.8 Å². The van der Waals surface area contributed by atoms with E-state index >= 15 is 0 Å². The Kier molecular flexibility index (Phi) is 7.31. The Balaban J connectivity index is 1.90. The zero-order valence-corrected chi connectivity index (χ0v) is 21.1. The topological polar surface area (TPSA) is 156 Å². The molecule has 1 aromatic carbocycles. The van der Waals surface area contributed by atoms with Crippen molar-refractivity contribution in [3.8, 4) is 5.75 Å². The van der Waals surface area contributed by atoms with E-state index in [2.05, 4.69) is 17.0 Å². The Morgan fingerprint density at radius 2 is 2.08 bits per heavy atom. The molecule has 2 aliphatic rings. The fourth-order valence-electron chi connectivity index (χ4n) is 3.29. The first-order valence-corrected chi connectivity index (χ1v) is 12.6. The van der Waals surface area contributed by atoms with Crippen LogP contribution in [0.5, 0.6) is 5.75 Å². The number of aliphatic hydroxyl groups is 2. The lowest BCUT2D eigenvalue weighted by atomic mass is 9.96. The van der Waals surface area contributed by atoms with E-state index < -0.39 is 62.5 Å². The minimum Gasteiger partial charge on any atom is -0.462 e. The third kappa shape index (κ3) is 6.52. The van der Waals surface area contributed by atoms with Gasteiger partial charge in [0.1, 0.15) is 29.6 Å². The van der Waals surface area contributed by atoms with Crippen LogP contribution in [0.15, 0.2) is 54.9 Å². The number of hydrogen-bond acceptors (Lipinski definition) is 9. The van der Waals surface area contributed by atoms with Crippen LogP contribution in [0.3, 0.4) is 0 Å². The Morgan fingerprint density at radius 1 is 1.42 bits per heavy atom. The summed E-state index contributed by atoms with van der Waals surface area (Å²) in [5, 5.41) is 26.5. The van der Waals surface area contributed by atoms with Crippen molar-refractivity contribution >= 4 is 19.7 Å². The molecular weight excluding hydrogens is 493 g/mol. The molecule has 36 heavy (non-hydrogen) atoms. The standard InChI is InChI=1S/C23H32N3O9P/c1-14(2)33-20(28)16(4)25-36(31,35-17-9-7-6-8-10-17)32-13-18-19(27)23(5,30)21(34-18)26-12-11-15(3)24-22(26)29/h6-12,14,16,18-19,21,27,30H,3,13H2,1-2,4-5H3,(H,24,29)(H,25,31)/t16-,18+,19+,21+,23+,36-/m0/s1/i11D,13D2. The Labute approximate surface area is 213 Å². The van der Waals surface area contributed by atoms with Gasteiger partial charge in [0, 0.05) is 11.9 Å². The van der Waals surface area contributed by atoms with Crippen LogP contribution in [0, 0.1) is 0 Å². The summed E-state index contributed by atoms with van der Waals surface area (Å²) in [6.45, 7) is 5.98. The van der Waals surface area contributed by atoms with E-state index in [0.29, 0.717) is 0 Å². The van der Waals surface area contributed by atoms with Gasteiger partial charge in [0.25, 0.3) is 0 Å². The molecule has 0 unspecified atom stereocenters. The molecule has 1 saturated heterocycles. The first-order chi connectivity index (χ1) is 18.0. The lowest BCUT2D eigenvalue weighted by Gasteiger charge is -2.35. The quantitative estimate of drug-likeness (QED) is 0.262. The fourth-order valence-corrected chi connectivity index (χ4v) is 4.65. The zero-order valence-electron chi connectivity index (χ0n) is 23.2. The highest BCUT2D eigenvalue weighted by molar-refractivity contribution is 7.52. The summed E-state index contributed by atoms with van der Waals surface area (Å²) in [6.07, 6.45) is -5.23. The van der Waals surface area contributed by atoms with Crippen LogP contribution >= 0.6 is 7.75 Å². The number of carbonyl (C=O) groups is 2. The van der Waals surface area contributed by atoms with E-state index in [9.17, 15) is 24.4 Å². The van der Waals surface area contributed by atoms with Crippen molar-refractivity contribution in [3.63, 3.8) is 0 Å². The number of esters is 1. The van der Waals surface area contributed by atoms with Crippen LogP contribution in [0.4, 0.5) is 4.79 Å². The highest BCUT2D eigenvalue weighted by atomic mass is 31.2. The number of urea groups is 1. The second kappa shape index (κ2) is 11.1. The van der Waals surface area contributed by atoms with Crippen molar-refractivity contribution in [3.05, 3.63) is 54.9 Å². The van der Waals surface area contributed by atoms with Crippen LogP contribution in [0.25, 0.3) is 0 Å². The minimum atomic E-state index is -4.76. The van der Waals surface area contributed by atoms with Gasteiger partial charge in [0.2, 0.25) is 0 Å². The summed E-state index contributed by atoms with van der Waals surface area (Å²) in [5.74, 6) is -0.813. The normalized spacial score (nSPS) is 30.4. The molecule has 3 rings (SSSR count). The minimum absolute atomic E-state index is 0.00431. The van der Waals surface area contributed by atoms with Gasteiger partial charge in [-0.1, -0.05) is 24.8 Å². The Morgan fingerprint density at radius 3 is 2.72 bits per heavy atom. The number of ether oxygens (including phenoxy) is 2. The summed E-state index contributed by atoms with van der Waals surface area (Å²) in [5.41, 5.74) is -2.29. The predicted octanol–water partition coefficient (Wildman–Crippen LogP) is 2.01. The second-order valence-corrected chi connectivity index (χ2v) is 10.2. The van der Waals surface area contributed by atoms with Crippen molar-refractivity contribution in [2.45, 2.75) is 63.9 Å². The lowest BCUT2D eigenvalue weighted by Crippen LogP contribution is -2.55. The number of benzene rings is 1. The van der Waals surface area contributed by atoms with Crippen LogP contribution in [-0.2, 0) is 23.4 Å². The van der Waals surface area contributed by atoms with Gasteiger partial charge in [-0.15, -0.1) is 0 Å². The first kappa shape index (κ1) is 23.7. The molecule has 2 aliphatic heterocycles. The second-order valence-electron chi connectivity index (χ2n) is 8.62. The van der Waals surface area contributed by atoms with Gasteiger partial charge in [-0.3, -0.25) is 14.2 Å². The number of rotatable bonds is 10. The molecular formula is C23H32N3O9P. The third-order valence-electron chi connectivity index (χ3n) is 5.10. The molecule has 0 radical (unpaired) electrons. The lowest BCUT2D eigenvalue weighted by molar-refractivity contribution is -0.149. The van der Waals surface area contributed by atoms with Crippen LogP contribution < -0.4 is 14.9 Å². The van der Waals surface area contributed by atoms with Gasteiger partial charge in [-0.05, 0) is 45.9 Å². The predicted molar refractivity (Wildman–Crippen MR) is 128 cm³/mol. The molecule has 13 heteroatoms. The molecule has 2 amide bonds. The van der Waals surface area contributed by atoms with E-state index in [0.717, 1.165) is 18.0 Å². The number of nitrogens with zero attached hydrogens (tertiary/aromatic N) is 1. The van der Waals surface area contributed by atoms with Crippen molar-refractivity contribution in [1.82, 2.24) is 15.3 Å². The molecule has 198 valence electrons. The zero-order chi connectivity index (χ0) is 29.3. The monoisotopic (exact) mass is 528 g/mol. The van der Waals surface area contributed by atoms with Crippen LogP contribution in [0.2, 0.25) is 0 Å². The first-order valence-electron chi connectivity index (χ1n) is 12.5. The summed E-state index contributed by atoms with van der Waals surface area (Å²) in [6, 6.07) is 5.24. The highest BCUT2D eigenvalue weighted by Crippen LogP contribution is 2.46. The van der Waals surface area contributed by atoms with E-state index in [1.165, 1.54) is 19.1 Å². The average Bonchev–Trinajstić information content (AvgIpc) is 3.05. The Hall–Kier alpha value is -2.73. The molecule has 2 heterocycles. The van der Waals surface area contributed by atoms with E-state index in [-0.39, 0.29) is 17.5 Å². The summed E-state index contributed by atoms with van der Waals surface area (Å²) in [7, 11) is -4.76. The van der Waals surface area contributed by atoms with Crippen molar-refractivity contribution in [2.75, 3.05) is 6.56 Å². The molecule has 0 bridgehead atoms. The number of amides is 2. The molecule has 0 spiro atoms. The summed E-state index contributed by atoms with van der Waals surface area (Å²) in [4.78, 5) is 25.6. The van der Waals surface area contributed by atoms with Gasteiger partial charge in [-0.25, -0.2) is 9.36 Å². The van der Waals surface area contributed by atoms with Gasteiger partial charge in [0.05, 0.1) is 16.8 Å². The molecule has 0 saturated carbocycles. The number of nitrogens with one attached hydrogen (secondary N) is 2. The van der Waals surface area contributed by atoms with Gasteiger partial charge < -0.3 is 29.5 Å². The van der Waals surface area contributed by atoms with Gasteiger partial charge in [-0.2, -0.15) is 5.09 Å². The largest absolute Gasteiger partial charge is 0.462 e.